The maximum atomic E-state index is 10.4. The van der Waals surface area contributed by atoms with Crippen LogP contribution in [0.15, 0.2) is 12.3 Å². The van der Waals surface area contributed by atoms with Crippen molar-refractivity contribution in [2.75, 3.05) is 13.2 Å². The largest absolute Gasteiger partial charge is 0.396 e. The van der Waals surface area contributed by atoms with E-state index in [0.29, 0.717) is 12.3 Å². The van der Waals surface area contributed by atoms with Crippen LogP contribution in [-0.2, 0) is 6.42 Å². The fourth-order valence-electron chi connectivity index (χ4n) is 3.86. The molecule has 0 bridgehead atoms. The topological polar surface area (TPSA) is 78.3 Å². The molecule has 0 saturated heterocycles. The van der Waals surface area contributed by atoms with E-state index >= 15 is 0 Å². The molecule has 0 aliphatic heterocycles. The molecule has 5 nitrogen and oxygen atoms in total. The number of hydrogen-bond acceptors (Lipinski definition) is 5. The molecule has 25 heavy (non-hydrogen) atoms. The second-order valence-electron chi connectivity index (χ2n) is 7.70. The zero-order chi connectivity index (χ0) is 18.2. The first-order chi connectivity index (χ1) is 12.1. The standard InChI is InChI=1S/C20H35N3O2/c1-4-5-6-7-9-21-18-12-19(25)17(13-24)16(18)11-15-8-10-22-20(23-15)14(2)3/h8,10,14,16-19,21,24-25H,4-7,9,11-13H2,1-3H3. The minimum absolute atomic E-state index is 0.0297. The normalized spacial score (nSPS) is 26.5. The van der Waals surface area contributed by atoms with E-state index in [1.54, 1.807) is 0 Å². The van der Waals surface area contributed by atoms with Gasteiger partial charge in [-0.25, -0.2) is 9.97 Å². The highest BCUT2D eigenvalue weighted by Crippen LogP contribution is 2.34. The predicted octanol–water partition coefficient (Wildman–Crippen LogP) is 2.67. The Kier molecular flexibility index (Phi) is 8.27. The van der Waals surface area contributed by atoms with Gasteiger partial charge in [-0.3, -0.25) is 0 Å². The van der Waals surface area contributed by atoms with Gasteiger partial charge < -0.3 is 15.5 Å². The summed E-state index contributed by atoms with van der Waals surface area (Å²) in [5.41, 5.74) is 1.01. The van der Waals surface area contributed by atoms with Crippen molar-refractivity contribution >= 4 is 0 Å². The summed E-state index contributed by atoms with van der Waals surface area (Å²) in [4.78, 5) is 9.02. The smallest absolute Gasteiger partial charge is 0.131 e. The maximum Gasteiger partial charge on any atom is 0.131 e. The molecule has 1 heterocycles. The van der Waals surface area contributed by atoms with Gasteiger partial charge in [0.25, 0.3) is 0 Å². The first kappa shape index (κ1) is 20.3. The van der Waals surface area contributed by atoms with Crippen LogP contribution in [0.3, 0.4) is 0 Å². The van der Waals surface area contributed by atoms with Crippen LogP contribution in [0.25, 0.3) is 0 Å². The van der Waals surface area contributed by atoms with Gasteiger partial charge in [-0.05, 0) is 37.8 Å². The third kappa shape index (κ3) is 5.73. The summed E-state index contributed by atoms with van der Waals surface area (Å²) >= 11 is 0. The van der Waals surface area contributed by atoms with Crippen LogP contribution in [0.1, 0.15) is 70.3 Å². The zero-order valence-electron chi connectivity index (χ0n) is 16.0. The molecule has 1 saturated carbocycles. The van der Waals surface area contributed by atoms with Crippen LogP contribution in [0.2, 0.25) is 0 Å². The van der Waals surface area contributed by atoms with Crippen molar-refractivity contribution in [3.63, 3.8) is 0 Å². The molecule has 1 fully saturated rings. The van der Waals surface area contributed by atoms with E-state index in [0.717, 1.165) is 24.5 Å². The van der Waals surface area contributed by atoms with Crippen LogP contribution >= 0.6 is 0 Å². The highest BCUT2D eigenvalue weighted by atomic mass is 16.3. The van der Waals surface area contributed by atoms with E-state index in [-0.39, 0.29) is 24.5 Å². The molecule has 3 N–H and O–H groups in total. The Morgan fingerprint density at radius 2 is 2.04 bits per heavy atom. The lowest BCUT2D eigenvalue weighted by Crippen LogP contribution is -2.37. The number of aromatic nitrogens is 2. The van der Waals surface area contributed by atoms with Gasteiger partial charge in [0.2, 0.25) is 0 Å². The average molecular weight is 350 g/mol. The Morgan fingerprint density at radius 1 is 1.24 bits per heavy atom. The van der Waals surface area contributed by atoms with Crippen LogP contribution < -0.4 is 5.32 Å². The highest BCUT2D eigenvalue weighted by Gasteiger charge is 2.41. The Labute approximate surface area is 152 Å². The monoisotopic (exact) mass is 349 g/mol. The molecule has 5 heteroatoms. The van der Waals surface area contributed by atoms with Crippen molar-refractivity contribution in [3.8, 4) is 0 Å². The second kappa shape index (κ2) is 10.2. The minimum Gasteiger partial charge on any atom is -0.396 e. The third-order valence-corrected chi connectivity index (χ3v) is 5.40. The molecule has 0 spiro atoms. The Morgan fingerprint density at radius 3 is 2.72 bits per heavy atom. The molecule has 0 amide bonds. The summed E-state index contributed by atoms with van der Waals surface area (Å²) in [7, 11) is 0. The van der Waals surface area contributed by atoms with Crippen molar-refractivity contribution in [3.05, 3.63) is 23.8 Å². The van der Waals surface area contributed by atoms with Crippen molar-refractivity contribution in [2.45, 2.75) is 77.4 Å². The minimum atomic E-state index is -0.436. The summed E-state index contributed by atoms with van der Waals surface area (Å²) in [6, 6.07) is 2.20. The van der Waals surface area contributed by atoms with E-state index in [9.17, 15) is 10.2 Å². The van der Waals surface area contributed by atoms with E-state index in [4.69, 9.17) is 0 Å². The number of hydrogen-bond donors (Lipinski definition) is 3. The number of aliphatic hydroxyl groups excluding tert-OH is 2. The van der Waals surface area contributed by atoms with Crippen molar-refractivity contribution in [1.82, 2.24) is 15.3 Å². The summed E-state index contributed by atoms with van der Waals surface area (Å²) in [6.07, 6.45) is 7.81. The summed E-state index contributed by atoms with van der Waals surface area (Å²) in [6.45, 7) is 7.41. The lowest BCUT2D eigenvalue weighted by molar-refractivity contribution is 0.0716. The number of unbranched alkanes of at least 4 members (excludes halogenated alkanes) is 3. The Hall–Kier alpha value is -1.04. The van der Waals surface area contributed by atoms with Gasteiger partial charge in [0.1, 0.15) is 5.82 Å². The van der Waals surface area contributed by atoms with Crippen LogP contribution in [0.5, 0.6) is 0 Å². The first-order valence-electron chi connectivity index (χ1n) is 9.90. The molecule has 0 radical (unpaired) electrons. The van der Waals surface area contributed by atoms with Crippen LogP contribution in [0.4, 0.5) is 0 Å². The van der Waals surface area contributed by atoms with Gasteiger partial charge in [0, 0.05) is 36.4 Å². The lowest BCUT2D eigenvalue weighted by atomic mass is 9.88. The van der Waals surface area contributed by atoms with Crippen molar-refractivity contribution < 1.29 is 10.2 Å². The summed E-state index contributed by atoms with van der Waals surface area (Å²) < 4.78 is 0. The van der Waals surface area contributed by atoms with Crippen LogP contribution in [-0.4, -0.2) is 45.5 Å². The van der Waals surface area contributed by atoms with Gasteiger partial charge in [-0.1, -0.05) is 40.0 Å². The van der Waals surface area contributed by atoms with Crippen molar-refractivity contribution in [1.29, 1.82) is 0 Å². The summed E-state index contributed by atoms with van der Waals surface area (Å²) in [5.74, 6) is 1.29. The third-order valence-electron chi connectivity index (χ3n) is 5.40. The summed E-state index contributed by atoms with van der Waals surface area (Å²) in [5, 5.41) is 23.8. The number of nitrogens with one attached hydrogen (secondary N) is 1. The Bertz CT molecular complexity index is 509. The van der Waals surface area contributed by atoms with Crippen LogP contribution in [0, 0.1) is 11.8 Å². The number of aliphatic hydroxyl groups is 2. The van der Waals surface area contributed by atoms with E-state index in [2.05, 4.69) is 36.1 Å². The molecule has 2 rings (SSSR count). The predicted molar refractivity (Wildman–Crippen MR) is 100 cm³/mol. The van der Waals surface area contributed by atoms with E-state index in [1.165, 1.54) is 25.7 Å². The van der Waals surface area contributed by atoms with Gasteiger partial charge in [-0.15, -0.1) is 0 Å². The maximum absolute atomic E-state index is 10.4. The van der Waals surface area contributed by atoms with Gasteiger partial charge in [0.05, 0.1) is 6.10 Å². The molecule has 142 valence electrons. The Balaban J connectivity index is 2.00. The fraction of sp³-hybridized carbons (Fsp3) is 0.800. The van der Waals surface area contributed by atoms with Crippen molar-refractivity contribution in [2.24, 2.45) is 11.8 Å². The molecular weight excluding hydrogens is 314 g/mol. The zero-order valence-corrected chi connectivity index (χ0v) is 16.0. The molecule has 1 aliphatic carbocycles. The first-order valence-corrected chi connectivity index (χ1v) is 9.90. The highest BCUT2D eigenvalue weighted by molar-refractivity contribution is 5.09. The SMILES string of the molecule is CCCCCCNC1CC(O)C(CO)C1Cc1ccnc(C(C)C)n1. The van der Waals surface area contributed by atoms with Gasteiger partial charge in [0.15, 0.2) is 0 Å². The fourth-order valence-corrected chi connectivity index (χ4v) is 3.86. The van der Waals surface area contributed by atoms with E-state index in [1.807, 2.05) is 12.3 Å². The molecule has 4 atom stereocenters. The molecule has 0 aromatic carbocycles. The lowest BCUT2D eigenvalue weighted by Gasteiger charge is -2.25. The number of rotatable bonds is 10. The molecule has 1 aliphatic rings. The molecule has 1 aromatic heterocycles. The molecule has 4 unspecified atom stereocenters. The quantitative estimate of drug-likeness (QED) is 0.566. The molecule has 1 aromatic rings. The van der Waals surface area contributed by atoms with E-state index < -0.39 is 6.10 Å². The van der Waals surface area contributed by atoms with Gasteiger partial charge in [-0.2, -0.15) is 0 Å². The number of nitrogens with zero attached hydrogens (tertiary/aromatic N) is 2. The van der Waals surface area contributed by atoms with Gasteiger partial charge >= 0.3 is 0 Å². The second-order valence-corrected chi connectivity index (χ2v) is 7.70. The average Bonchev–Trinajstić information content (AvgIpc) is 2.89. The molecular formula is C20H35N3O2.